The number of hydrogen-bond donors (Lipinski definition) is 5. The minimum atomic E-state index is -1.49. The molecule has 0 unspecified atom stereocenters. The van der Waals surface area contributed by atoms with Crippen LogP contribution in [0.5, 0.6) is 0 Å². The molecular formula is C36H61N3O9. The van der Waals surface area contributed by atoms with E-state index in [2.05, 4.69) is 10.2 Å². The highest BCUT2D eigenvalue weighted by atomic mass is 16.6. The second-order valence-corrected chi connectivity index (χ2v) is 14.4. The second-order valence-electron chi connectivity index (χ2n) is 14.4. The highest BCUT2D eigenvalue weighted by Gasteiger charge is 2.47. The van der Waals surface area contributed by atoms with Crippen molar-refractivity contribution < 1.29 is 44.2 Å². The average Bonchev–Trinajstić information content (AvgIpc) is 3.80. The molecule has 2 fully saturated rings. The van der Waals surface area contributed by atoms with Crippen LogP contribution >= 0.6 is 0 Å². The number of carbonyl (C=O) groups is 2. The molecule has 48 heavy (non-hydrogen) atoms. The van der Waals surface area contributed by atoms with Crippen LogP contribution in [0.1, 0.15) is 73.6 Å². The van der Waals surface area contributed by atoms with E-state index in [1.54, 1.807) is 49.1 Å². The molecule has 10 atom stereocenters. The van der Waals surface area contributed by atoms with Gasteiger partial charge in [0.1, 0.15) is 11.7 Å². The molecule has 0 aliphatic carbocycles. The molecule has 2 saturated heterocycles. The van der Waals surface area contributed by atoms with Gasteiger partial charge in [0.05, 0.1) is 36.4 Å². The SMILES string of the molecule is CC[C@H](O)[C@@H](C)[C@H]1O[C@@H]1C[C@@](C)(O)/C=C/C=C(\C)[C@H]1OC(=O)C[C@H](O)CC[C@@](C)(O)[C@@H](OC(=O)N2CCN(CCNC)CC2)/C=C/[C@@H]1C. The lowest BCUT2D eigenvalue weighted by Crippen LogP contribution is -2.52. The first-order valence-corrected chi connectivity index (χ1v) is 17.6. The fourth-order valence-electron chi connectivity index (χ4n) is 6.41. The van der Waals surface area contributed by atoms with Gasteiger partial charge in [0.2, 0.25) is 0 Å². The van der Waals surface area contributed by atoms with Crippen LogP contribution in [-0.2, 0) is 19.0 Å². The summed E-state index contributed by atoms with van der Waals surface area (Å²) < 4.78 is 17.5. The molecule has 0 radical (unpaired) electrons. The Morgan fingerprint density at radius 3 is 2.60 bits per heavy atom. The third-order valence-electron chi connectivity index (χ3n) is 9.90. The molecule has 0 bridgehead atoms. The van der Waals surface area contributed by atoms with E-state index in [-0.39, 0.29) is 43.3 Å². The van der Waals surface area contributed by atoms with Gasteiger partial charge in [-0.15, -0.1) is 0 Å². The van der Waals surface area contributed by atoms with Gasteiger partial charge >= 0.3 is 12.1 Å². The number of aliphatic hydroxyl groups is 4. The molecule has 3 aliphatic heterocycles. The summed E-state index contributed by atoms with van der Waals surface area (Å²) in [5.74, 6) is -0.953. The van der Waals surface area contributed by atoms with Crippen molar-refractivity contribution in [2.45, 2.75) is 121 Å². The summed E-state index contributed by atoms with van der Waals surface area (Å²) >= 11 is 0. The van der Waals surface area contributed by atoms with Crippen molar-refractivity contribution in [3.05, 3.63) is 36.0 Å². The van der Waals surface area contributed by atoms with E-state index < -0.39 is 47.7 Å². The van der Waals surface area contributed by atoms with Crippen LogP contribution in [0.3, 0.4) is 0 Å². The molecule has 12 nitrogen and oxygen atoms in total. The van der Waals surface area contributed by atoms with E-state index in [1.165, 1.54) is 0 Å². The molecule has 3 rings (SSSR count). The number of ether oxygens (including phenoxy) is 3. The summed E-state index contributed by atoms with van der Waals surface area (Å²) in [5, 5.41) is 46.3. The van der Waals surface area contributed by atoms with Crippen molar-refractivity contribution in [1.82, 2.24) is 15.1 Å². The Hall–Kier alpha value is -2.32. The number of nitrogens with zero attached hydrogens (tertiary/aromatic N) is 2. The maximum atomic E-state index is 13.2. The van der Waals surface area contributed by atoms with Crippen LogP contribution in [0.15, 0.2) is 36.0 Å². The molecule has 5 N–H and O–H groups in total. The van der Waals surface area contributed by atoms with Gasteiger partial charge in [0.25, 0.3) is 0 Å². The molecule has 0 spiro atoms. The molecular weight excluding hydrogens is 618 g/mol. The zero-order chi connectivity index (χ0) is 35.6. The van der Waals surface area contributed by atoms with Gasteiger partial charge in [-0.25, -0.2) is 4.79 Å². The fraction of sp³-hybridized carbons (Fsp3) is 0.778. The van der Waals surface area contributed by atoms with Crippen LogP contribution in [-0.4, -0.2) is 136 Å². The van der Waals surface area contributed by atoms with Crippen molar-refractivity contribution in [3.63, 3.8) is 0 Å². The van der Waals surface area contributed by atoms with Crippen LogP contribution in [0.2, 0.25) is 0 Å². The van der Waals surface area contributed by atoms with E-state index in [0.717, 1.165) is 26.2 Å². The Kier molecular flexibility index (Phi) is 15.1. The van der Waals surface area contributed by atoms with Crippen molar-refractivity contribution >= 4 is 12.1 Å². The Morgan fingerprint density at radius 1 is 1.27 bits per heavy atom. The highest BCUT2D eigenvalue weighted by Crippen LogP contribution is 2.37. The maximum Gasteiger partial charge on any atom is 0.410 e. The summed E-state index contributed by atoms with van der Waals surface area (Å²) in [6, 6.07) is 0. The van der Waals surface area contributed by atoms with E-state index in [4.69, 9.17) is 14.2 Å². The van der Waals surface area contributed by atoms with Crippen molar-refractivity contribution in [2.24, 2.45) is 11.8 Å². The number of rotatable bonds is 12. The van der Waals surface area contributed by atoms with E-state index >= 15 is 0 Å². The number of hydrogen-bond acceptors (Lipinski definition) is 11. The predicted octanol–water partition coefficient (Wildman–Crippen LogP) is 2.55. The molecule has 0 saturated carbocycles. The number of carbonyl (C=O) groups excluding carboxylic acids is 2. The van der Waals surface area contributed by atoms with Gasteiger partial charge in [-0.1, -0.05) is 45.1 Å². The van der Waals surface area contributed by atoms with E-state index in [1.807, 2.05) is 34.7 Å². The first-order valence-electron chi connectivity index (χ1n) is 17.6. The summed E-state index contributed by atoms with van der Waals surface area (Å²) in [6.07, 6.45) is 5.68. The number of aliphatic hydroxyl groups excluding tert-OH is 2. The van der Waals surface area contributed by atoms with Crippen LogP contribution in [0.4, 0.5) is 4.79 Å². The Morgan fingerprint density at radius 2 is 1.96 bits per heavy atom. The van der Waals surface area contributed by atoms with Crippen molar-refractivity contribution in [1.29, 1.82) is 0 Å². The fourth-order valence-corrected chi connectivity index (χ4v) is 6.41. The molecule has 0 aromatic rings. The molecule has 274 valence electrons. The zero-order valence-corrected chi connectivity index (χ0v) is 30.0. The number of cyclic esters (lactones) is 1. The first kappa shape index (κ1) is 40.1. The molecule has 0 aromatic heterocycles. The van der Waals surface area contributed by atoms with Gasteiger partial charge in [0, 0.05) is 57.5 Å². The average molecular weight is 680 g/mol. The van der Waals surface area contributed by atoms with Crippen LogP contribution < -0.4 is 5.32 Å². The van der Waals surface area contributed by atoms with Gasteiger partial charge in [0.15, 0.2) is 6.10 Å². The highest BCUT2D eigenvalue weighted by molar-refractivity contribution is 5.70. The third-order valence-corrected chi connectivity index (χ3v) is 9.90. The largest absolute Gasteiger partial charge is 0.457 e. The van der Waals surface area contributed by atoms with Gasteiger partial charge < -0.3 is 44.9 Å². The van der Waals surface area contributed by atoms with Crippen molar-refractivity contribution in [2.75, 3.05) is 46.3 Å². The quantitative estimate of drug-likeness (QED) is 0.0892. The lowest BCUT2D eigenvalue weighted by atomic mass is 9.88. The number of allylic oxidation sites excluding steroid dienone is 2. The normalized spacial score (nSPS) is 34.4. The van der Waals surface area contributed by atoms with Crippen molar-refractivity contribution in [3.8, 4) is 0 Å². The first-order chi connectivity index (χ1) is 22.6. The summed E-state index contributed by atoms with van der Waals surface area (Å²) in [5.41, 5.74) is -1.94. The van der Waals surface area contributed by atoms with Gasteiger partial charge in [-0.3, -0.25) is 9.69 Å². The lowest BCUT2D eigenvalue weighted by Gasteiger charge is -2.37. The van der Waals surface area contributed by atoms with Gasteiger partial charge in [-0.2, -0.15) is 0 Å². The second kappa shape index (κ2) is 18.1. The molecule has 3 heterocycles. The number of esters is 1. The smallest absolute Gasteiger partial charge is 0.410 e. The Balaban J connectivity index is 1.72. The molecule has 0 aromatic carbocycles. The zero-order valence-electron chi connectivity index (χ0n) is 30.0. The lowest BCUT2D eigenvalue weighted by molar-refractivity contribution is -0.151. The standard InChI is InChI=1S/C36H61N3O9/c1-8-28(41)26(4)33-29(46-33)23-35(5,44)14-9-10-24(2)32-25(3)11-12-30(36(6,45)15-13-27(40)22-31(42)48-32)47-34(43)39-20-18-38(19-21-39)17-16-37-7/h9-12,14,25-30,32-33,37,40-41,44-45H,8,13,15-23H2,1-7H3/b12-11+,14-9+,24-10+/t25-,26+,27+,28-,29+,30-,32+,33+,35-,36+/m0/s1. The number of nitrogens with one attached hydrogen (secondary N) is 1. The summed E-state index contributed by atoms with van der Waals surface area (Å²) in [6.45, 7) is 15.1. The van der Waals surface area contributed by atoms with E-state index in [0.29, 0.717) is 31.5 Å². The Bertz CT molecular complexity index is 1130. The van der Waals surface area contributed by atoms with Crippen LogP contribution in [0, 0.1) is 11.8 Å². The number of epoxide rings is 1. The summed E-state index contributed by atoms with van der Waals surface area (Å²) in [7, 11) is 1.91. The number of amides is 1. The topological polar surface area (TPSA) is 165 Å². The molecule has 3 aliphatic rings. The minimum Gasteiger partial charge on any atom is -0.457 e. The number of likely N-dealkylation sites (N-methyl/N-ethyl adjacent to an activating group) is 1. The predicted molar refractivity (Wildman–Crippen MR) is 183 cm³/mol. The third kappa shape index (κ3) is 12.2. The molecule has 1 amide bonds. The monoisotopic (exact) mass is 679 g/mol. The van der Waals surface area contributed by atoms with Gasteiger partial charge in [-0.05, 0) is 58.7 Å². The Labute approximate surface area is 286 Å². The minimum absolute atomic E-state index is 0.0124. The number of piperazine rings is 1. The van der Waals surface area contributed by atoms with E-state index in [9.17, 15) is 30.0 Å². The molecule has 12 heteroatoms. The van der Waals surface area contributed by atoms with Crippen LogP contribution in [0.25, 0.3) is 0 Å². The maximum absolute atomic E-state index is 13.2. The summed E-state index contributed by atoms with van der Waals surface area (Å²) in [4.78, 5) is 30.0.